The Morgan fingerprint density at radius 1 is 1.47 bits per heavy atom. The normalized spacial score (nSPS) is 17.7. The summed E-state index contributed by atoms with van der Waals surface area (Å²) in [7, 11) is 0. The molecule has 0 unspecified atom stereocenters. The predicted molar refractivity (Wildman–Crippen MR) is 69.0 cm³/mol. The molecule has 0 radical (unpaired) electrons. The van der Waals surface area contributed by atoms with Crippen molar-refractivity contribution < 1.29 is 4.74 Å². The molecule has 0 amide bonds. The average molecular weight is 270 g/mol. The topological polar surface area (TPSA) is 42.8 Å². The number of H-pyrrole nitrogens is 1. The molecule has 0 aromatic carbocycles. The maximum absolute atomic E-state index is 5.92. The molecule has 0 saturated carbocycles. The summed E-state index contributed by atoms with van der Waals surface area (Å²) in [6, 6.07) is 2.23. The lowest BCUT2D eigenvalue weighted by Gasteiger charge is -2.23. The van der Waals surface area contributed by atoms with Crippen LogP contribution in [-0.2, 0) is 4.74 Å². The number of fused-ring (bicyclic) bond motifs is 1. The van der Waals surface area contributed by atoms with E-state index in [1.54, 1.807) is 6.20 Å². The summed E-state index contributed by atoms with van der Waals surface area (Å²) in [4.78, 5) is 7.52. The van der Waals surface area contributed by atoms with E-state index in [1.807, 2.05) is 6.07 Å². The third-order valence-corrected chi connectivity index (χ3v) is 3.58. The Labute approximate surface area is 109 Å². The van der Waals surface area contributed by atoms with Gasteiger partial charge in [-0.25, -0.2) is 4.98 Å². The number of hydrogen-bond donors (Lipinski definition) is 1. The Bertz CT molecular complexity index is 600. The second kappa shape index (κ2) is 4.40. The maximum atomic E-state index is 5.92. The summed E-state index contributed by atoms with van der Waals surface area (Å²) < 4.78 is 8.17. The Morgan fingerprint density at radius 2 is 2.24 bits per heavy atom. The molecule has 1 N–H and O–H groups in total. The van der Waals surface area contributed by atoms with E-state index in [0.29, 0.717) is 15.8 Å². The molecule has 1 aliphatic heterocycles. The zero-order valence-electron chi connectivity index (χ0n) is 9.15. The van der Waals surface area contributed by atoms with Crippen LogP contribution in [0.1, 0.15) is 18.9 Å². The minimum Gasteiger partial charge on any atom is -0.381 e. The van der Waals surface area contributed by atoms with Gasteiger partial charge in [-0.15, -0.1) is 0 Å². The fraction of sp³-hybridized carbons (Fsp3) is 0.455. The van der Waals surface area contributed by atoms with Gasteiger partial charge in [0.15, 0.2) is 10.4 Å². The van der Waals surface area contributed by atoms with Crippen LogP contribution in [0.4, 0.5) is 0 Å². The highest BCUT2D eigenvalue weighted by atomic mass is 35.5. The van der Waals surface area contributed by atoms with Gasteiger partial charge in [-0.05, 0) is 31.1 Å². The smallest absolute Gasteiger partial charge is 0.179 e. The number of aromatic amines is 1. The number of hydrogen-bond acceptors (Lipinski definition) is 3. The number of aromatic nitrogens is 3. The molecule has 0 aliphatic carbocycles. The highest BCUT2D eigenvalue weighted by molar-refractivity contribution is 7.71. The fourth-order valence-corrected chi connectivity index (χ4v) is 2.77. The Hall–Kier alpha value is -0.910. The molecule has 1 saturated heterocycles. The summed E-state index contributed by atoms with van der Waals surface area (Å²) >= 11 is 11.3. The highest BCUT2D eigenvalue weighted by Crippen LogP contribution is 2.26. The van der Waals surface area contributed by atoms with E-state index in [-0.39, 0.29) is 0 Å². The molecule has 17 heavy (non-hydrogen) atoms. The van der Waals surface area contributed by atoms with Crippen LogP contribution in [0.25, 0.3) is 11.2 Å². The average Bonchev–Trinajstić information content (AvgIpc) is 2.65. The summed E-state index contributed by atoms with van der Waals surface area (Å²) in [6.07, 6.45) is 3.61. The van der Waals surface area contributed by atoms with Crippen molar-refractivity contribution in [2.24, 2.45) is 0 Å². The largest absolute Gasteiger partial charge is 0.381 e. The lowest BCUT2D eigenvalue weighted by Crippen LogP contribution is -2.19. The predicted octanol–water partition coefficient (Wildman–Crippen LogP) is 3.10. The zero-order valence-corrected chi connectivity index (χ0v) is 10.7. The molecule has 1 aliphatic rings. The Kier molecular flexibility index (Phi) is 2.90. The molecule has 3 rings (SSSR count). The number of rotatable bonds is 1. The van der Waals surface area contributed by atoms with Crippen LogP contribution in [0.2, 0.25) is 5.02 Å². The fourth-order valence-electron chi connectivity index (χ4n) is 2.27. The highest BCUT2D eigenvalue weighted by Gasteiger charge is 2.19. The zero-order chi connectivity index (χ0) is 11.8. The number of imidazole rings is 1. The van der Waals surface area contributed by atoms with Crippen molar-refractivity contribution in [2.75, 3.05) is 13.2 Å². The second-order valence-electron chi connectivity index (χ2n) is 4.17. The quantitative estimate of drug-likeness (QED) is 0.809. The lowest BCUT2D eigenvalue weighted by molar-refractivity contribution is 0.0701. The molecule has 1 fully saturated rings. The molecule has 6 heteroatoms. The number of nitrogens with zero attached hydrogens (tertiary/aromatic N) is 2. The molecule has 0 bridgehead atoms. The first-order valence-corrected chi connectivity index (χ1v) is 6.38. The van der Waals surface area contributed by atoms with E-state index in [0.717, 1.165) is 37.2 Å². The van der Waals surface area contributed by atoms with E-state index in [4.69, 9.17) is 28.6 Å². The van der Waals surface area contributed by atoms with Gasteiger partial charge in [0, 0.05) is 25.5 Å². The molecular weight excluding hydrogens is 258 g/mol. The van der Waals surface area contributed by atoms with Crippen molar-refractivity contribution in [3.05, 3.63) is 22.1 Å². The molecular formula is C11H12ClN3OS. The minimum atomic E-state index is 0.374. The van der Waals surface area contributed by atoms with Crippen molar-refractivity contribution >= 4 is 35.0 Å². The van der Waals surface area contributed by atoms with Crippen LogP contribution in [-0.4, -0.2) is 27.7 Å². The van der Waals surface area contributed by atoms with E-state index < -0.39 is 0 Å². The number of halogens is 1. The number of pyridine rings is 1. The molecule has 0 atom stereocenters. The van der Waals surface area contributed by atoms with Crippen LogP contribution in [0, 0.1) is 4.77 Å². The first-order chi connectivity index (χ1) is 8.25. The standard InChI is InChI=1S/C11H12ClN3OS/c12-7-5-9-10(13-6-7)15(11(17)14-9)8-1-3-16-4-2-8/h5-6,8H,1-4H2,(H,14,17). The van der Waals surface area contributed by atoms with Gasteiger partial charge in [0.2, 0.25) is 0 Å². The van der Waals surface area contributed by atoms with Gasteiger partial charge in [0.1, 0.15) is 0 Å². The van der Waals surface area contributed by atoms with Crippen molar-refractivity contribution in [1.82, 2.24) is 14.5 Å². The minimum absolute atomic E-state index is 0.374. The molecule has 90 valence electrons. The second-order valence-corrected chi connectivity index (χ2v) is 4.99. The number of ether oxygens (including phenoxy) is 1. The third kappa shape index (κ3) is 1.99. The van der Waals surface area contributed by atoms with E-state index >= 15 is 0 Å². The van der Waals surface area contributed by atoms with Crippen molar-refractivity contribution in [3.8, 4) is 0 Å². The van der Waals surface area contributed by atoms with Crippen LogP contribution in [0.5, 0.6) is 0 Å². The molecule has 0 spiro atoms. The van der Waals surface area contributed by atoms with E-state index in [9.17, 15) is 0 Å². The van der Waals surface area contributed by atoms with Gasteiger partial charge >= 0.3 is 0 Å². The van der Waals surface area contributed by atoms with Crippen LogP contribution in [0.15, 0.2) is 12.3 Å². The van der Waals surface area contributed by atoms with E-state index in [1.165, 1.54) is 0 Å². The molecule has 4 nitrogen and oxygen atoms in total. The lowest BCUT2D eigenvalue weighted by atomic mass is 10.1. The first-order valence-electron chi connectivity index (χ1n) is 5.59. The summed E-state index contributed by atoms with van der Waals surface area (Å²) in [5.41, 5.74) is 1.78. The Balaban J connectivity index is 2.14. The molecule has 3 heterocycles. The van der Waals surface area contributed by atoms with Crippen molar-refractivity contribution in [3.63, 3.8) is 0 Å². The Morgan fingerprint density at radius 3 is 3.00 bits per heavy atom. The van der Waals surface area contributed by atoms with Gasteiger partial charge in [-0.1, -0.05) is 11.6 Å². The summed E-state index contributed by atoms with van der Waals surface area (Å²) in [5.74, 6) is 0. The van der Waals surface area contributed by atoms with E-state index in [2.05, 4.69) is 14.5 Å². The van der Waals surface area contributed by atoms with Crippen LogP contribution in [0.3, 0.4) is 0 Å². The third-order valence-electron chi connectivity index (χ3n) is 3.08. The first kappa shape index (κ1) is 11.2. The van der Waals surface area contributed by atoms with Crippen molar-refractivity contribution in [1.29, 1.82) is 0 Å². The van der Waals surface area contributed by atoms with Crippen molar-refractivity contribution in [2.45, 2.75) is 18.9 Å². The van der Waals surface area contributed by atoms with Crippen LogP contribution >= 0.6 is 23.8 Å². The van der Waals surface area contributed by atoms with Gasteiger partial charge < -0.3 is 9.72 Å². The van der Waals surface area contributed by atoms with Crippen LogP contribution < -0.4 is 0 Å². The van der Waals surface area contributed by atoms with Gasteiger partial charge in [-0.3, -0.25) is 4.57 Å². The molecule has 2 aromatic heterocycles. The number of nitrogens with one attached hydrogen (secondary N) is 1. The van der Waals surface area contributed by atoms with Gasteiger partial charge in [-0.2, -0.15) is 0 Å². The van der Waals surface area contributed by atoms with Gasteiger partial charge in [0.25, 0.3) is 0 Å². The molecule has 2 aromatic rings. The maximum Gasteiger partial charge on any atom is 0.179 e. The van der Waals surface area contributed by atoms with Gasteiger partial charge in [0.05, 0.1) is 10.5 Å². The monoisotopic (exact) mass is 269 g/mol. The SMILES string of the molecule is S=c1[nH]c2cc(Cl)cnc2n1C1CCOCC1. The summed E-state index contributed by atoms with van der Waals surface area (Å²) in [5, 5.41) is 0.618. The summed E-state index contributed by atoms with van der Waals surface area (Å²) in [6.45, 7) is 1.57.